The zero-order chi connectivity index (χ0) is 17.1. The van der Waals surface area contributed by atoms with E-state index in [0.717, 1.165) is 16.9 Å². The van der Waals surface area contributed by atoms with Crippen LogP contribution in [-0.2, 0) is 0 Å². The third kappa shape index (κ3) is 3.51. The van der Waals surface area contributed by atoms with Gasteiger partial charge in [-0.05, 0) is 36.5 Å². The van der Waals surface area contributed by atoms with Crippen molar-refractivity contribution in [3.05, 3.63) is 62.8 Å². The highest BCUT2D eigenvalue weighted by Crippen LogP contribution is 2.23. The van der Waals surface area contributed by atoms with Crippen LogP contribution in [0, 0.1) is 4.77 Å². The summed E-state index contributed by atoms with van der Waals surface area (Å²) in [6, 6.07) is 12.7. The molecular formula is C16H12Cl2N4OS. The molecule has 5 nitrogen and oxygen atoms in total. The Bertz CT molecular complexity index is 965. The molecule has 3 aromatic rings. The van der Waals surface area contributed by atoms with Crippen LogP contribution in [0.5, 0.6) is 5.75 Å². The Kier molecular flexibility index (Phi) is 4.99. The summed E-state index contributed by atoms with van der Waals surface area (Å²) in [5, 5.41) is 12.4. The monoisotopic (exact) mass is 378 g/mol. The molecule has 0 saturated carbocycles. The van der Waals surface area contributed by atoms with E-state index in [9.17, 15) is 0 Å². The van der Waals surface area contributed by atoms with Gasteiger partial charge >= 0.3 is 0 Å². The number of rotatable bonds is 4. The van der Waals surface area contributed by atoms with Gasteiger partial charge in [-0.25, -0.2) is 5.10 Å². The highest BCUT2D eigenvalue weighted by Gasteiger charge is 2.09. The minimum absolute atomic E-state index is 0.370. The summed E-state index contributed by atoms with van der Waals surface area (Å²) in [5.41, 5.74) is 1.54. The molecule has 3 rings (SSSR count). The maximum atomic E-state index is 6.15. The van der Waals surface area contributed by atoms with Gasteiger partial charge < -0.3 is 4.74 Å². The van der Waals surface area contributed by atoms with Gasteiger partial charge in [-0.3, -0.25) is 0 Å². The molecule has 0 spiro atoms. The van der Waals surface area contributed by atoms with Crippen molar-refractivity contribution in [1.29, 1.82) is 0 Å². The van der Waals surface area contributed by atoms with E-state index in [4.69, 9.17) is 40.2 Å². The van der Waals surface area contributed by atoms with Crippen LogP contribution in [0.3, 0.4) is 0 Å². The highest BCUT2D eigenvalue weighted by molar-refractivity contribution is 7.71. The van der Waals surface area contributed by atoms with Gasteiger partial charge in [0, 0.05) is 16.1 Å². The molecule has 1 heterocycles. The van der Waals surface area contributed by atoms with Gasteiger partial charge in [0.05, 0.1) is 18.3 Å². The lowest BCUT2D eigenvalue weighted by Crippen LogP contribution is -1.96. The third-order valence-electron chi connectivity index (χ3n) is 3.25. The molecule has 0 aliphatic heterocycles. The molecule has 0 saturated heterocycles. The van der Waals surface area contributed by atoms with E-state index in [1.165, 1.54) is 4.68 Å². The molecule has 1 N–H and O–H groups in total. The van der Waals surface area contributed by atoms with Gasteiger partial charge in [-0.1, -0.05) is 41.4 Å². The minimum atomic E-state index is 0.370. The first-order valence-corrected chi connectivity index (χ1v) is 8.06. The van der Waals surface area contributed by atoms with E-state index in [2.05, 4.69) is 15.3 Å². The van der Waals surface area contributed by atoms with Crippen LogP contribution in [-0.4, -0.2) is 28.2 Å². The number of nitrogens with zero attached hydrogens (tertiary/aromatic N) is 3. The quantitative estimate of drug-likeness (QED) is 0.523. The predicted molar refractivity (Wildman–Crippen MR) is 98.9 cm³/mol. The summed E-state index contributed by atoms with van der Waals surface area (Å²) in [6.07, 6.45) is 1.60. The number of hydrogen-bond donors (Lipinski definition) is 1. The van der Waals surface area contributed by atoms with E-state index in [-0.39, 0.29) is 0 Å². The van der Waals surface area contributed by atoms with Crippen molar-refractivity contribution in [2.45, 2.75) is 0 Å². The van der Waals surface area contributed by atoms with Gasteiger partial charge in [0.1, 0.15) is 5.75 Å². The lowest BCUT2D eigenvalue weighted by Gasteiger charge is -2.04. The summed E-state index contributed by atoms with van der Waals surface area (Å²) >= 11 is 17.3. The first-order valence-electron chi connectivity index (χ1n) is 6.90. The van der Waals surface area contributed by atoms with Gasteiger partial charge in [0.2, 0.25) is 4.77 Å². The Morgan fingerprint density at radius 3 is 2.83 bits per heavy atom. The molecule has 0 aliphatic rings. The standard InChI is InChI=1S/C16H12Cl2N4OS/c1-23-13-4-2-3-10(7-13)15-20-21-16(24)22(15)19-9-11-5-6-12(17)8-14(11)18/h2-9H,1H3,(H,21,24)/b19-9-. The van der Waals surface area contributed by atoms with E-state index < -0.39 is 0 Å². The lowest BCUT2D eigenvalue weighted by atomic mass is 10.2. The van der Waals surface area contributed by atoms with Crippen molar-refractivity contribution >= 4 is 41.6 Å². The zero-order valence-electron chi connectivity index (χ0n) is 12.5. The first-order chi connectivity index (χ1) is 11.6. The second-order valence-electron chi connectivity index (χ2n) is 4.81. The lowest BCUT2D eigenvalue weighted by molar-refractivity contribution is 0.415. The van der Waals surface area contributed by atoms with Crippen molar-refractivity contribution < 1.29 is 4.74 Å². The number of halogens is 2. The third-order valence-corrected chi connectivity index (χ3v) is 4.08. The van der Waals surface area contributed by atoms with Crippen LogP contribution in [0.25, 0.3) is 11.4 Å². The fraction of sp³-hybridized carbons (Fsp3) is 0.0625. The molecule has 0 unspecified atom stereocenters. The van der Waals surface area contributed by atoms with Gasteiger partial charge in [0.25, 0.3) is 0 Å². The number of hydrogen-bond acceptors (Lipinski definition) is 4. The largest absolute Gasteiger partial charge is 0.497 e. The van der Waals surface area contributed by atoms with Crippen molar-refractivity contribution in [2.75, 3.05) is 7.11 Å². The molecule has 0 amide bonds. The van der Waals surface area contributed by atoms with Crippen LogP contribution in [0.2, 0.25) is 10.0 Å². The van der Waals surface area contributed by atoms with Crippen LogP contribution < -0.4 is 4.74 Å². The minimum Gasteiger partial charge on any atom is -0.497 e. The molecule has 0 radical (unpaired) electrons. The van der Waals surface area contributed by atoms with Crippen molar-refractivity contribution in [2.24, 2.45) is 5.10 Å². The van der Waals surface area contributed by atoms with Crippen LogP contribution >= 0.6 is 35.4 Å². The number of aromatic amines is 1. The van der Waals surface area contributed by atoms with Crippen molar-refractivity contribution in [1.82, 2.24) is 14.9 Å². The molecule has 0 fully saturated rings. The molecule has 2 aromatic carbocycles. The maximum absolute atomic E-state index is 6.15. The second-order valence-corrected chi connectivity index (χ2v) is 6.04. The van der Waals surface area contributed by atoms with Crippen LogP contribution in [0.1, 0.15) is 5.56 Å². The summed E-state index contributed by atoms with van der Waals surface area (Å²) in [7, 11) is 1.61. The summed E-state index contributed by atoms with van der Waals surface area (Å²) in [4.78, 5) is 0. The number of benzene rings is 2. The molecule has 0 atom stereocenters. The van der Waals surface area contributed by atoms with Crippen LogP contribution in [0.4, 0.5) is 0 Å². The van der Waals surface area contributed by atoms with Gasteiger partial charge in [0.15, 0.2) is 5.82 Å². The average Bonchev–Trinajstić information content (AvgIpc) is 2.95. The Morgan fingerprint density at radius 2 is 2.08 bits per heavy atom. The zero-order valence-corrected chi connectivity index (χ0v) is 14.9. The topological polar surface area (TPSA) is 55.2 Å². The van der Waals surface area contributed by atoms with E-state index in [0.29, 0.717) is 20.6 Å². The second kappa shape index (κ2) is 7.17. The number of ether oxygens (including phenoxy) is 1. The Labute approximate surface area is 153 Å². The summed E-state index contributed by atoms with van der Waals surface area (Å²) in [5.74, 6) is 1.29. The smallest absolute Gasteiger partial charge is 0.216 e. The Hall–Kier alpha value is -2.15. The average molecular weight is 379 g/mol. The highest BCUT2D eigenvalue weighted by atomic mass is 35.5. The van der Waals surface area contributed by atoms with Gasteiger partial charge in [-0.15, -0.1) is 0 Å². The van der Waals surface area contributed by atoms with Crippen molar-refractivity contribution in [3.63, 3.8) is 0 Å². The number of methoxy groups -OCH3 is 1. The first kappa shape index (κ1) is 16.7. The Morgan fingerprint density at radius 1 is 1.25 bits per heavy atom. The number of H-pyrrole nitrogens is 1. The normalized spacial score (nSPS) is 11.1. The summed E-state index contributed by atoms with van der Waals surface area (Å²) in [6.45, 7) is 0. The van der Waals surface area contributed by atoms with E-state index >= 15 is 0 Å². The number of nitrogens with one attached hydrogen (secondary N) is 1. The maximum Gasteiger partial charge on any atom is 0.216 e. The SMILES string of the molecule is COc1cccc(-c2n[nH]c(=S)n2/N=C\c2ccc(Cl)cc2Cl)c1. The molecule has 0 aliphatic carbocycles. The van der Waals surface area contributed by atoms with Crippen molar-refractivity contribution in [3.8, 4) is 17.1 Å². The van der Waals surface area contributed by atoms with E-state index in [1.807, 2.05) is 24.3 Å². The molecule has 122 valence electrons. The van der Waals surface area contributed by atoms with Gasteiger partial charge in [-0.2, -0.15) is 14.9 Å². The molecular weight excluding hydrogens is 367 g/mol. The molecule has 0 bridgehead atoms. The number of aromatic nitrogens is 3. The van der Waals surface area contributed by atoms with Crippen LogP contribution in [0.15, 0.2) is 47.6 Å². The summed E-state index contributed by atoms with van der Waals surface area (Å²) < 4.78 is 7.13. The Balaban J connectivity index is 2.01. The fourth-order valence-corrected chi connectivity index (χ4v) is 2.71. The fourth-order valence-electron chi connectivity index (χ4n) is 2.07. The molecule has 8 heteroatoms. The predicted octanol–water partition coefficient (Wildman–Crippen LogP) is 4.81. The molecule has 24 heavy (non-hydrogen) atoms. The molecule has 1 aromatic heterocycles. The van der Waals surface area contributed by atoms with E-state index in [1.54, 1.807) is 31.5 Å².